The summed E-state index contributed by atoms with van der Waals surface area (Å²) in [6.07, 6.45) is 9.82. The molecule has 1 heterocycles. The van der Waals surface area contributed by atoms with Crippen molar-refractivity contribution in [2.45, 2.75) is 77.4 Å². The van der Waals surface area contributed by atoms with Gasteiger partial charge < -0.3 is 4.74 Å². The molecule has 126 valence electrons. The quantitative estimate of drug-likeness (QED) is 0.598. The van der Waals surface area contributed by atoms with Crippen LogP contribution in [0.3, 0.4) is 0 Å². The van der Waals surface area contributed by atoms with Crippen molar-refractivity contribution >= 4 is 0 Å². The molecule has 0 amide bonds. The second kappa shape index (κ2) is 6.59. The SMILES string of the molecule is CC=CC1CCC([C@H]2[C@H](C3CCC(C)CC3)OC2(F)F)CC1. The van der Waals surface area contributed by atoms with E-state index in [0.29, 0.717) is 11.8 Å². The van der Waals surface area contributed by atoms with E-state index in [-0.39, 0.29) is 12.0 Å². The Labute approximate surface area is 133 Å². The normalized spacial score (nSPS) is 45.6. The standard InChI is InChI=1S/C19H30F2O/c1-3-4-14-7-11-15(12-8-14)17-18(22-19(17,20)21)16-9-5-13(2)6-10-16/h3-4,13-18H,5-12H2,1-2H3/t13?,14?,15?,16?,17-,18-/m0/s1. The second-order valence-electron chi connectivity index (χ2n) is 7.89. The molecule has 0 radical (unpaired) electrons. The molecule has 0 aromatic heterocycles. The van der Waals surface area contributed by atoms with Crippen LogP contribution in [0.15, 0.2) is 12.2 Å². The van der Waals surface area contributed by atoms with Crippen molar-refractivity contribution < 1.29 is 13.5 Å². The summed E-state index contributed by atoms with van der Waals surface area (Å²) in [6, 6.07) is 0. The third-order valence-electron chi connectivity index (χ3n) is 6.35. The summed E-state index contributed by atoms with van der Waals surface area (Å²) in [7, 11) is 0. The zero-order chi connectivity index (χ0) is 15.7. The lowest BCUT2D eigenvalue weighted by atomic mass is 9.66. The number of rotatable bonds is 3. The summed E-state index contributed by atoms with van der Waals surface area (Å²) in [5, 5.41) is 0. The third kappa shape index (κ3) is 3.25. The van der Waals surface area contributed by atoms with Gasteiger partial charge in [-0.25, -0.2) is 0 Å². The van der Waals surface area contributed by atoms with Crippen molar-refractivity contribution in [1.82, 2.24) is 0 Å². The average molecular weight is 312 g/mol. The van der Waals surface area contributed by atoms with Crippen LogP contribution in [0.2, 0.25) is 0 Å². The van der Waals surface area contributed by atoms with Crippen molar-refractivity contribution in [2.24, 2.45) is 29.6 Å². The fourth-order valence-electron chi connectivity index (χ4n) is 4.97. The van der Waals surface area contributed by atoms with E-state index in [0.717, 1.165) is 44.4 Å². The van der Waals surface area contributed by atoms with Crippen molar-refractivity contribution in [3.8, 4) is 0 Å². The van der Waals surface area contributed by atoms with Gasteiger partial charge >= 0.3 is 6.11 Å². The number of allylic oxidation sites excluding steroid dienone is 2. The molecule has 22 heavy (non-hydrogen) atoms. The molecule has 0 unspecified atom stereocenters. The molecule has 0 bridgehead atoms. The molecule has 3 fully saturated rings. The minimum atomic E-state index is -2.87. The Morgan fingerprint density at radius 3 is 2.05 bits per heavy atom. The van der Waals surface area contributed by atoms with Crippen molar-refractivity contribution in [3.63, 3.8) is 0 Å². The van der Waals surface area contributed by atoms with Crippen LogP contribution >= 0.6 is 0 Å². The van der Waals surface area contributed by atoms with Crippen LogP contribution in [0.25, 0.3) is 0 Å². The molecule has 3 aliphatic rings. The number of ether oxygens (including phenoxy) is 1. The molecule has 1 nitrogen and oxygen atoms in total. The fraction of sp³-hybridized carbons (Fsp3) is 0.895. The summed E-state index contributed by atoms with van der Waals surface area (Å²) in [4.78, 5) is 0. The number of alkyl halides is 2. The maximum atomic E-state index is 14.1. The lowest BCUT2D eigenvalue weighted by molar-refractivity contribution is -0.418. The molecule has 0 aromatic rings. The molecule has 0 aromatic carbocycles. The summed E-state index contributed by atoms with van der Waals surface area (Å²) in [6.45, 7) is 4.31. The highest BCUT2D eigenvalue weighted by molar-refractivity contribution is 4.99. The zero-order valence-corrected chi connectivity index (χ0v) is 13.9. The Bertz CT molecular complexity index is 390. The van der Waals surface area contributed by atoms with E-state index in [2.05, 4.69) is 19.1 Å². The summed E-state index contributed by atoms with van der Waals surface area (Å²) in [5.41, 5.74) is 0. The molecule has 0 N–H and O–H groups in total. The van der Waals surface area contributed by atoms with Crippen LogP contribution in [-0.2, 0) is 4.74 Å². The molecular formula is C19H30F2O. The molecule has 3 rings (SSSR count). The highest BCUT2D eigenvalue weighted by Gasteiger charge is 2.62. The van der Waals surface area contributed by atoms with Crippen LogP contribution in [0, 0.1) is 29.6 Å². The summed E-state index contributed by atoms with van der Waals surface area (Å²) < 4.78 is 33.2. The van der Waals surface area contributed by atoms with Gasteiger partial charge in [-0.1, -0.05) is 31.9 Å². The van der Waals surface area contributed by atoms with Crippen LogP contribution in [0.4, 0.5) is 8.78 Å². The highest BCUT2D eigenvalue weighted by atomic mass is 19.3. The van der Waals surface area contributed by atoms with E-state index in [4.69, 9.17) is 4.74 Å². The van der Waals surface area contributed by atoms with Gasteiger partial charge in [-0.3, -0.25) is 0 Å². The zero-order valence-electron chi connectivity index (χ0n) is 13.9. The molecule has 1 aliphatic heterocycles. The molecular weight excluding hydrogens is 282 g/mol. The first-order valence-corrected chi connectivity index (χ1v) is 9.19. The Kier molecular flexibility index (Phi) is 4.92. The van der Waals surface area contributed by atoms with Crippen LogP contribution in [0.5, 0.6) is 0 Å². The maximum Gasteiger partial charge on any atom is 0.361 e. The Balaban J connectivity index is 1.60. The van der Waals surface area contributed by atoms with Gasteiger partial charge in [-0.15, -0.1) is 0 Å². The lowest BCUT2D eigenvalue weighted by Gasteiger charge is -2.52. The van der Waals surface area contributed by atoms with Crippen LogP contribution < -0.4 is 0 Å². The molecule has 2 atom stereocenters. The Hall–Kier alpha value is -0.440. The van der Waals surface area contributed by atoms with Crippen molar-refractivity contribution in [1.29, 1.82) is 0 Å². The highest BCUT2D eigenvalue weighted by Crippen LogP contribution is 2.54. The predicted molar refractivity (Wildman–Crippen MR) is 84.7 cm³/mol. The van der Waals surface area contributed by atoms with E-state index in [1.807, 2.05) is 6.92 Å². The maximum absolute atomic E-state index is 14.1. The summed E-state index contributed by atoms with van der Waals surface area (Å²) >= 11 is 0. The van der Waals surface area contributed by atoms with Crippen LogP contribution in [-0.4, -0.2) is 12.2 Å². The topological polar surface area (TPSA) is 9.23 Å². The number of halogens is 2. The molecule has 3 heteroatoms. The average Bonchev–Trinajstić information content (AvgIpc) is 2.48. The van der Waals surface area contributed by atoms with Gasteiger partial charge in [0.1, 0.15) is 0 Å². The van der Waals surface area contributed by atoms with Gasteiger partial charge in [0.15, 0.2) is 0 Å². The number of hydrogen-bond acceptors (Lipinski definition) is 1. The third-order valence-corrected chi connectivity index (χ3v) is 6.35. The smallest absolute Gasteiger partial charge is 0.316 e. The van der Waals surface area contributed by atoms with Crippen molar-refractivity contribution in [2.75, 3.05) is 0 Å². The van der Waals surface area contributed by atoms with E-state index in [1.165, 1.54) is 12.8 Å². The van der Waals surface area contributed by atoms with Crippen LogP contribution in [0.1, 0.15) is 65.2 Å². The van der Waals surface area contributed by atoms with E-state index >= 15 is 0 Å². The Morgan fingerprint density at radius 1 is 0.909 bits per heavy atom. The van der Waals surface area contributed by atoms with Gasteiger partial charge in [0.2, 0.25) is 0 Å². The van der Waals surface area contributed by atoms with E-state index in [9.17, 15) is 8.78 Å². The number of hydrogen-bond donors (Lipinski definition) is 0. The Morgan fingerprint density at radius 2 is 1.50 bits per heavy atom. The van der Waals surface area contributed by atoms with Gasteiger partial charge in [-0.2, -0.15) is 8.78 Å². The van der Waals surface area contributed by atoms with E-state index in [1.54, 1.807) is 0 Å². The van der Waals surface area contributed by atoms with Crippen molar-refractivity contribution in [3.05, 3.63) is 12.2 Å². The first-order valence-electron chi connectivity index (χ1n) is 9.19. The molecule has 2 saturated carbocycles. The fourth-order valence-corrected chi connectivity index (χ4v) is 4.97. The van der Waals surface area contributed by atoms with Gasteiger partial charge in [-0.05, 0) is 69.1 Å². The van der Waals surface area contributed by atoms with Gasteiger partial charge in [0, 0.05) is 0 Å². The lowest BCUT2D eigenvalue weighted by Crippen LogP contribution is -2.61. The molecule has 1 saturated heterocycles. The van der Waals surface area contributed by atoms with Gasteiger partial charge in [0.25, 0.3) is 0 Å². The summed E-state index contributed by atoms with van der Waals surface area (Å²) in [5.74, 6) is 1.37. The first-order chi connectivity index (χ1) is 10.5. The monoisotopic (exact) mass is 312 g/mol. The largest absolute Gasteiger partial charge is 0.361 e. The van der Waals surface area contributed by atoms with E-state index < -0.39 is 12.0 Å². The van der Waals surface area contributed by atoms with Gasteiger partial charge in [0.05, 0.1) is 12.0 Å². The molecule has 0 spiro atoms. The second-order valence-corrected chi connectivity index (χ2v) is 7.89. The minimum Gasteiger partial charge on any atom is -0.316 e. The first kappa shape index (κ1) is 16.4. The minimum absolute atomic E-state index is 0.162. The molecule has 2 aliphatic carbocycles. The predicted octanol–water partition coefficient (Wildman–Crippen LogP) is 5.80.